The second-order valence-corrected chi connectivity index (χ2v) is 19.1. The van der Waals surface area contributed by atoms with Crippen LogP contribution < -0.4 is 20.9 Å². The highest BCUT2D eigenvalue weighted by Gasteiger charge is 2.28. The lowest BCUT2D eigenvalue weighted by atomic mass is 9.95. The van der Waals surface area contributed by atoms with E-state index in [0.29, 0.717) is 51.9 Å². The zero-order chi connectivity index (χ0) is 51.8. The second-order valence-electron chi connectivity index (χ2n) is 19.1. The predicted molar refractivity (Wildman–Crippen MR) is 291 cm³/mol. The average molecular weight is 961 g/mol. The molecule has 1 fully saturated rings. The van der Waals surface area contributed by atoms with Gasteiger partial charge in [-0.05, 0) is 134 Å². The van der Waals surface area contributed by atoms with Crippen molar-refractivity contribution in [3.05, 3.63) is 186 Å². The fourth-order valence-corrected chi connectivity index (χ4v) is 9.39. The summed E-state index contributed by atoms with van der Waals surface area (Å²) in [6.07, 6.45) is 10.1. The molecule has 3 heterocycles. The van der Waals surface area contributed by atoms with Gasteiger partial charge in [0.2, 0.25) is 0 Å². The van der Waals surface area contributed by atoms with Crippen molar-refractivity contribution in [2.24, 2.45) is 0 Å². The summed E-state index contributed by atoms with van der Waals surface area (Å²) in [5, 5.41) is 12.8. The van der Waals surface area contributed by atoms with Crippen LogP contribution in [-0.4, -0.2) is 44.4 Å². The number of aromatic nitrogens is 4. The van der Waals surface area contributed by atoms with Crippen molar-refractivity contribution in [1.82, 2.24) is 19.5 Å². The third-order valence-corrected chi connectivity index (χ3v) is 12.8. The number of ether oxygens (including phenoxy) is 3. The number of hydrogen-bond donors (Lipinski definition) is 2. The van der Waals surface area contributed by atoms with E-state index in [-0.39, 0.29) is 25.4 Å². The van der Waals surface area contributed by atoms with Crippen LogP contribution in [0.1, 0.15) is 107 Å². The van der Waals surface area contributed by atoms with E-state index in [2.05, 4.69) is 112 Å². The van der Waals surface area contributed by atoms with Gasteiger partial charge in [0, 0.05) is 21.9 Å². The van der Waals surface area contributed by atoms with Crippen LogP contribution in [0.15, 0.2) is 119 Å². The molecule has 0 radical (unpaired) electrons. The van der Waals surface area contributed by atoms with Gasteiger partial charge in [-0.25, -0.2) is 9.59 Å². The predicted octanol–water partition coefficient (Wildman–Crippen LogP) is 12.3. The minimum Gasteiger partial charge on any atom is -0.481 e. The van der Waals surface area contributed by atoms with Gasteiger partial charge >= 0.3 is 11.4 Å². The quantitative estimate of drug-likeness (QED) is 0.0914. The summed E-state index contributed by atoms with van der Waals surface area (Å²) in [6, 6.07) is 35.7. The Morgan fingerprint density at radius 1 is 0.667 bits per heavy atom. The number of hydrogen-bond acceptors (Lipinski definition) is 8. The van der Waals surface area contributed by atoms with Gasteiger partial charge in [-0.2, -0.15) is 9.97 Å². The van der Waals surface area contributed by atoms with Gasteiger partial charge in [-0.1, -0.05) is 123 Å². The normalized spacial score (nSPS) is 13.1. The summed E-state index contributed by atoms with van der Waals surface area (Å²) in [4.78, 5) is 36.6. The fourth-order valence-electron chi connectivity index (χ4n) is 9.39. The summed E-state index contributed by atoms with van der Waals surface area (Å²) in [5.41, 5.74) is 15.4. The monoisotopic (exact) mass is 960 g/mol. The number of fused-ring (bicyclic) bond motifs is 2. The molecular formula is C62H64N4O6. The van der Waals surface area contributed by atoms with Crippen LogP contribution in [0, 0.1) is 66.2 Å². The average Bonchev–Trinajstić information content (AvgIpc) is 4.18. The Kier molecular flexibility index (Phi) is 16.6. The molecule has 0 amide bonds. The smallest absolute Gasteiger partial charge is 0.348 e. The standard InChI is InChI=1S/C31H32N2O3.C20H18N2O2.C11H14O/c1-7-14-36-25-12-13-27-26(17-25)30(24-10-8-23(9-11-24)19(2)3)32-31(35)33(27)18-28(34)29-21(5)15-20(4)16-22(29)6;1-4-11-24-16-9-10-18-17(12-16)19(22-20(23)21-18)15-7-5-14(6-8-15)13(2)3;1-7-4-8(2)11(9(3)5-7)10-6-12-10/h1,8-13,15-17,19,28,34H,14,18H2,2-6H3;1,5-10,12-13H,11H2,2-3H3,(H,21,22,23);4-5,10H,6H2,1-3H3. The first kappa shape index (κ1) is 52.1. The summed E-state index contributed by atoms with van der Waals surface area (Å²) in [5.74, 6) is 7.01. The van der Waals surface area contributed by atoms with E-state index in [9.17, 15) is 14.7 Å². The maximum absolute atomic E-state index is 13.3. The molecule has 1 aliphatic heterocycles. The Labute approximate surface area is 423 Å². The van der Waals surface area contributed by atoms with Crippen molar-refractivity contribution in [3.63, 3.8) is 0 Å². The van der Waals surface area contributed by atoms with Crippen LogP contribution in [-0.2, 0) is 11.3 Å². The van der Waals surface area contributed by atoms with E-state index in [1.165, 1.54) is 37.9 Å². The first-order valence-electron chi connectivity index (χ1n) is 24.3. The van der Waals surface area contributed by atoms with Crippen molar-refractivity contribution in [3.8, 4) is 58.7 Å². The molecule has 2 N–H and O–H groups in total. The van der Waals surface area contributed by atoms with E-state index >= 15 is 0 Å². The van der Waals surface area contributed by atoms with Crippen molar-refractivity contribution in [2.75, 3.05) is 19.8 Å². The highest BCUT2D eigenvalue weighted by Crippen LogP contribution is 2.36. The number of nitrogens with one attached hydrogen (secondary N) is 1. The van der Waals surface area contributed by atoms with Crippen molar-refractivity contribution >= 4 is 21.8 Å². The Bertz CT molecular complexity index is 3400. The highest BCUT2D eigenvalue weighted by atomic mass is 16.6. The summed E-state index contributed by atoms with van der Waals surface area (Å²) >= 11 is 0. The molecular weight excluding hydrogens is 897 g/mol. The molecule has 2 unspecified atom stereocenters. The van der Waals surface area contributed by atoms with E-state index in [0.717, 1.165) is 50.8 Å². The van der Waals surface area contributed by atoms with Gasteiger partial charge in [0.05, 0.1) is 41.7 Å². The van der Waals surface area contributed by atoms with E-state index in [4.69, 9.17) is 27.1 Å². The van der Waals surface area contributed by atoms with Crippen LogP contribution >= 0.6 is 0 Å². The van der Waals surface area contributed by atoms with Gasteiger partial charge in [0.25, 0.3) is 0 Å². The molecule has 0 aliphatic carbocycles. The SMILES string of the molecule is C#CCOc1ccc2[nH]c(=O)nc(-c3ccc(C(C)C)cc3)c2c1.C#CCOc1ccc2c(c1)c(-c1ccc(C(C)C)cc1)nc(=O)n2CC(O)c1c(C)cc(C)cc1C.Cc1cc(C)c(C2CO2)c(C)c1. The van der Waals surface area contributed by atoms with Crippen molar-refractivity contribution < 1.29 is 19.3 Å². The molecule has 9 rings (SSSR count). The number of aliphatic hydroxyl groups excluding tert-OH is 1. The molecule has 72 heavy (non-hydrogen) atoms. The summed E-state index contributed by atoms with van der Waals surface area (Å²) in [6.45, 7) is 22.4. The number of aryl methyl sites for hydroxylation is 6. The van der Waals surface area contributed by atoms with Crippen LogP contribution in [0.4, 0.5) is 0 Å². The minimum atomic E-state index is -0.859. The molecule has 6 aromatic carbocycles. The van der Waals surface area contributed by atoms with Crippen LogP contribution in [0.3, 0.4) is 0 Å². The molecule has 2 aromatic heterocycles. The lowest BCUT2D eigenvalue weighted by Crippen LogP contribution is -2.27. The number of terminal acetylenes is 2. The number of aliphatic hydroxyl groups is 1. The van der Waals surface area contributed by atoms with Gasteiger partial charge in [0.15, 0.2) is 0 Å². The summed E-state index contributed by atoms with van der Waals surface area (Å²) < 4.78 is 18.0. The Balaban J connectivity index is 0.000000180. The molecule has 1 aliphatic rings. The number of H-pyrrole nitrogens is 1. The van der Waals surface area contributed by atoms with Crippen LogP contribution in [0.2, 0.25) is 0 Å². The molecule has 1 saturated heterocycles. The number of benzene rings is 6. The molecule has 10 heteroatoms. The maximum Gasteiger partial charge on any atom is 0.348 e. The lowest BCUT2D eigenvalue weighted by Gasteiger charge is -2.20. The van der Waals surface area contributed by atoms with Gasteiger partial charge in [-0.15, -0.1) is 12.8 Å². The minimum absolute atomic E-state index is 0.0875. The Hall–Kier alpha value is -7.76. The Morgan fingerprint density at radius 3 is 1.62 bits per heavy atom. The number of nitrogens with zero attached hydrogens (tertiary/aromatic N) is 3. The van der Waals surface area contributed by atoms with Crippen LogP contribution in [0.25, 0.3) is 44.3 Å². The number of epoxide rings is 1. The van der Waals surface area contributed by atoms with Crippen molar-refractivity contribution in [1.29, 1.82) is 0 Å². The molecule has 368 valence electrons. The van der Waals surface area contributed by atoms with Gasteiger partial charge in [-0.3, -0.25) is 4.57 Å². The lowest BCUT2D eigenvalue weighted by molar-refractivity contribution is 0.155. The Morgan fingerprint density at radius 2 is 1.14 bits per heavy atom. The third-order valence-electron chi connectivity index (χ3n) is 12.8. The van der Waals surface area contributed by atoms with Gasteiger partial charge < -0.3 is 24.3 Å². The fraction of sp³-hybridized carbons (Fsp3) is 0.290. The molecule has 0 spiro atoms. The van der Waals surface area contributed by atoms with Gasteiger partial charge in [0.1, 0.15) is 30.8 Å². The topological polar surface area (TPSA) is 132 Å². The maximum atomic E-state index is 13.3. The zero-order valence-electron chi connectivity index (χ0n) is 43.0. The molecule has 8 aromatic rings. The number of aromatic amines is 1. The van der Waals surface area contributed by atoms with E-state index < -0.39 is 11.8 Å². The largest absolute Gasteiger partial charge is 0.481 e. The molecule has 10 nitrogen and oxygen atoms in total. The zero-order valence-corrected chi connectivity index (χ0v) is 43.0. The first-order valence-corrected chi connectivity index (χ1v) is 24.3. The first-order chi connectivity index (χ1) is 34.5. The van der Waals surface area contributed by atoms with Crippen molar-refractivity contribution in [2.45, 2.75) is 99.8 Å². The molecule has 0 saturated carbocycles. The third kappa shape index (κ3) is 12.4. The number of rotatable bonds is 12. The highest BCUT2D eigenvalue weighted by molar-refractivity contribution is 5.94. The van der Waals surface area contributed by atoms with E-state index in [1.807, 2.05) is 75.4 Å². The van der Waals surface area contributed by atoms with E-state index in [1.54, 1.807) is 18.2 Å². The van der Waals surface area contributed by atoms with Crippen LogP contribution in [0.5, 0.6) is 11.5 Å². The summed E-state index contributed by atoms with van der Waals surface area (Å²) in [7, 11) is 0. The second kappa shape index (κ2) is 23.0. The molecule has 0 bridgehead atoms. The molecule has 2 atom stereocenters.